The number of benzene rings is 1. The van der Waals surface area contributed by atoms with E-state index in [9.17, 15) is 13.6 Å². The van der Waals surface area contributed by atoms with Gasteiger partial charge in [-0.15, -0.1) is 0 Å². The highest BCUT2D eigenvalue weighted by molar-refractivity contribution is 6.31. The average Bonchev–Trinajstić information content (AvgIpc) is 2.75. The lowest BCUT2D eigenvalue weighted by Gasteiger charge is -2.12. The van der Waals surface area contributed by atoms with Crippen molar-refractivity contribution in [3.63, 3.8) is 0 Å². The van der Waals surface area contributed by atoms with Crippen molar-refractivity contribution in [2.75, 3.05) is 0 Å². The Morgan fingerprint density at radius 1 is 1.50 bits per heavy atom. The van der Waals surface area contributed by atoms with Gasteiger partial charge in [0.2, 0.25) is 0 Å². The highest BCUT2D eigenvalue weighted by Gasteiger charge is 2.77. The Morgan fingerprint density at radius 2 is 2.06 bits per heavy atom. The molecule has 1 fully saturated rings. The molecule has 1 aliphatic carbocycles. The molecule has 0 heterocycles. The SMILES string of the molecule is Cc1cc(C2(C(=O)O)CC2(F)F)ccc1Cl. The van der Waals surface area contributed by atoms with Gasteiger partial charge in [0, 0.05) is 11.4 Å². The highest BCUT2D eigenvalue weighted by Crippen LogP contribution is 2.61. The summed E-state index contributed by atoms with van der Waals surface area (Å²) in [6.45, 7) is 1.65. The Hall–Kier alpha value is -1.16. The van der Waals surface area contributed by atoms with Crippen molar-refractivity contribution in [2.45, 2.75) is 24.7 Å². The molecule has 1 aromatic rings. The normalized spacial score (nSPS) is 26.5. The fraction of sp³-hybridized carbons (Fsp3) is 0.364. The lowest BCUT2D eigenvalue weighted by atomic mass is 9.94. The Balaban J connectivity index is 2.51. The maximum Gasteiger partial charge on any atom is 0.320 e. The number of aryl methyl sites for hydroxylation is 1. The predicted molar refractivity (Wildman–Crippen MR) is 55.1 cm³/mol. The monoisotopic (exact) mass is 246 g/mol. The number of halogens is 3. The topological polar surface area (TPSA) is 37.3 Å². The minimum atomic E-state index is -3.17. The summed E-state index contributed by atoms with van der Waals surface area (Å²) in [6, 6.07) is 4.22. The molecule has 1 aromatic carbocycles. The van der Waals surface area contributed by atoms with Gasteiger partial charge in [-0.1, -0.05) is 23.7 Å². The average molecular weight is 247 g/mol. The maximum absolute atomic E-state index is 13.2. The highest BCUT2D eigenvalue weighted by atomic mass is 35.5. The second kappa shape index (κ2) is 3.17. The van der Waals surface area contributed by atoms with Gasteiger partial charge < -0.3 is 5.11 Å². The van der Waals surface area contributed by atoms with E-state index in [1.807, 2.05) is 0 Å². The molecule has 2 rings (SSSR count). The number of hydrogen-bond donors (Lipinski definition) is 1. The van der Waals surface area contributed by atoms with Gasteiger partial charge in [-0.3, -0.25) is 4.79 Å². The molecule has 0 amide bonds. The smallest absolute Gasteiger partial charge is 0.320 e. The number of carbonyl (C=O) groups is 1. The van der Waals surface area contributed by atoms with Gasteiger partial charge >= 0.3 is 5.97 Å². The third-order valence-corrected chi connectivity index (χ3v) is 3.43. The van der Waals surface area contributed by atoms with E-state index < -0.39 is 23.7 Å². The van der Waals surface area contributed by atoms with Gasteiger partial charge in [-0.2, -0.15) is 0 Å². The molecule has 0 saturated heterocycles. The van der Waals surface area contributed by atoms with E-state index in [0.29, 0.717) is 10.6 Å². The molecule has 0 bridgehead atoms. The summed E-state index contributed by atoms with van der Waals surface area (Å²) in [7, 11) is 0. The lowest BCUT2D eigenvalue weighted by Crippen LogP contribution is -2.27. The van der Waals surface area contributed by atoms with Crippen molar-refractivity contribution in [3.05, 3.63) is 34.3 Å². The first-order chi connectivity index (χ1) is 7.31. The van der Waals surface area contributed by atoms with Crippen molar-refractivity contribution in [3.8, 4) is 0 Å². The Kier molecular flexibility index (Phi) is 2.24. The third-order valence-electron chi connectivity index (χ3n) is 3.00. The van der Waals surface area contributed by atoms with Gasteiger partial charge in [0.05, 0.1) is 0 Å². The first-order valence-electron chi connectivity index (χ1n) is 4.69. The van der Waals surface area contributed by atoms with Crippen LogP contribution in [0.4, 0.5) is 8.78 Å². The first-order valence-corrected chi connectivity index (χ1v) is 5.07. The zero-order valence-corrected chi connectivity index (χ0v) is 9.18. The van der Waals surface area contributed by atoms with Gasteiger partial charge in [0.25, 0.3) is 5.92 Å². The van der Waals surface area contributed by atoms with Crippen LogP contribution in [-0.4, -0.2) is 17.0 Å². The molecule has 1 saturated carbocycles. The number of hydrogen-bond acceptors (Lipinski definition) is 1. The van der Waals surface area contributed by atoms with Crippen LogP contribution in [0.5, 0.6) is 0 Å². The van der Waals surface area contributed by atoms with E-state index in [0.717, 1.165) is 0 Å². The minimum Gasteiger partial charge on any atom is -0.480 e. The van der Waals surface area contributed by atoms with Crippen LogP contribution >= 0.6 is 11.6 Å². The number of rotatable bonds is 2. The van der Waals surface area contributed by atoms with E-state index in [1.54, 1.807) is 6.92 Å². The maximum atomic E-state index is 13.2. The molecule has 0 aromatic heterocycles. The fourth-order valence-electron chi connectivity index (χ4n) is 1.87. The van der Waals surface area contributed by atoms with E-state index in [2.05, 4.69) is 0 Å². The first kappa shape index (κ1) is 11.3. The fourth-order valence-corrected chi connectivity index (χ4v) is 1.99. The molecule has 1 N–H and O–H groups in total. The molecule has 0 aliphatic heterocycles. The van der Waals surface area contributed by atoms with Crippen LogP contribution in [0.2, 0.25) is 5.02 Å². The van der Waals surface area contributed by atoms with E-state index in [4.69, 9.17) is 16.7 Å². The van der Waals surface area contributed by atoms with Crippen molar-refractivity contribution >= 4 is 17.6 Å². The van der Waals surface area contributed by atoms with E-state index in [1.165, 1.54) is 18.2 Å². The van der Waals surface area contributed by atoms with Gasteiger partial charge in [0.1, 0.15) is 0 Å². The molecule has 86 valence electrons. The Bertz CT molecular complexity index is 473. The van der Waals surface area contributed by atoms with Crippen LogP contribution in [0, 0.1) is 6.92 Å². The van der Waals surface area contributed by atoms with Crippen molar-refractivity contribution in [1.29, 1.82) is 0 Å². The molecule has 0 radical (unpaired) electrons. The lowest BCUT2D eigenvalue weighted by molar-refractivity contribution is -0.142. The summed E-state index contributed by atoms with van der Waals surface area (Å²) in [5.41, 5.74) is -1.34. The number of aliphatic carboxylic acids is 1. The largest absolute Gasteiger partial charge is 0.480 e. The standard InChI is InChI=1S/C11H9ClF2O2/c1-6-4-7(2-3-8(6)12)10(9(15)16)5-11(10,13)14/h2-4H,5H2,1H3,(H,15,16). The van der Waals surface area contributed by atoms with Gasteiger partial charge in [0.15, 0.2) is 5.41 Å². The summed E-state index contributed by atoms with van der Waals surface area (Å²) in [4.78, 5) is 11.0. The predicted octanol–water partition coefficient (Wildman–Crippen LogP) is 3.01. The zero-order valence-electron chi connectivity index (χ0n) is 8.43. The molecule has 1 atom stereocenters. The summed E-state index contributed by atoms with van der Waals surface area (Å²) in [6.07, 6.45) is -0.642. The molecule has 1 aliphatic rings. The molecule has 0 spiro atoms. The summed E-state index contributed by atoms with van der Waals surface area (Å²) < 4.78 is 26.4. The molecule has 5 heteroatoms. The van der Waals surface area contributed by atoms with Crippen LogP contribution < -0.4 is 0 Å². The molecular weight excluding hydrogens is 238 g/mol. The number of alkyl halides is 2. The van der Waals surface area contributed by atoms with Crippen molar-refractivity contribution < 1.29 is 18.7 Å². The van der Waals surface area contributed by atoms with Crippen LogP contribution in [0.15, 0.2) is 18.2 Å². The summed E-state index contributed by atoms with van der Waals surface area (Å²) in [5, 5.41) is 9.38. The van der Waals surface area contributed by atoms with Gasteiger partial charge in [-0.05, 0) is 24.1 Å². The third kappa shape index (κ3) is 1.33. The summed E-state index contributed by atoms with van der Waals surface area (Å²) >= 11 is 5.77. The van der Waals surface area contributed by atoms with Crippen LogP contribution in [0.1, 0.15) is 17.5 Å². The second-order valence-corrected chi connectivity index (χ2v) is 4.46. The minimum absolute atomic E-state index is 0.118. The van der Waals surface area contributed by atoms with E-state index >= 15 is 0 Å². The zero-order chi connectivity index (χ0) is 12.1. The molecule has 2 nitrogen and oxygen atoms in total. The summed E-state index contributed by atoms with van der Waals surface area (Å²) in [5.74, 6) is -4.65. The quantitative estimate of drug-likeness (QED) is 0.871. The Morgan fingerprint density at radius 3 is 2.44 bits per heavy atom. The van der Waals surface area contributed by atoms with Crippen LogP contribution in [0.25, 0.3) is 0 Å². The molecule has 16 heavy (non-hydrogen) atoms. The number of carboxylic acid groups (broad SMARTS) is 1. The van der Waals surface area contributed by atoms with Crippen LogP contribution in [0.3, 0.4) is 0 Å². The Labute approximate surface area is 95.8 Å². The van der Waals surface area contributed by atoms with Gasteiger partial charge in [-0.25, -0.2) is 8.78 Å². The van der Waals surface area contributed by atoms with Crippen molar-refractivity contribution in [1.82, 2.24) is 0 Å². The van der Waals surface area contributed by atoms with E-state index in [-0.39, 0.29) is 5.56 Å². The molecule has 1 unspecified atom stereocenters. The van der Waals surface area contributed by atoms with Crippen molar-refractivity contribution in [2.24, 2.45) is 0 Å². The number of carboxylic acids is 1. The second-order valence-electron chi connectivity index (χ2n) is 4.06. The molecular formula is C11H9ClF2O2. The van der Waals surface area contributed by atoms with Crippen LogP contribution in [-0.2, 0) is 10.2 Å².